The van der Waals surface area contributed by atoms with Crippen molar-refractivity contribution in [3.8, 4) is 34.3 Å². The highest BCUT2D eigenvalue weighted by atomic mass is 16.7. The summed E-state index contributed by atoms with van der Waals surface area (Å²) in [4.78, 5) is 11.7. The molecule has 0 saturated carbocycles. The van der Waals surface area contributed by atoms with Crippen LogP contribution in [-0.4, -0.2) is 27.0 Å². The molecule has 0 atom stereocenters. The van der Waals surface area contributed by atoms with Gasteiger partial charge < -0.3 is 23.7 Å². The number of aryl methyl sites for hydroxylation is 2. The number of aromatic nitrogens is 1. The Morgan fingerprint density at radius 3 is 2.57 bits per heavy atom. The van der Waals surface area contributed by atoms with E-state index in [1.54, 1.807) is 19.2 Å². The van der Waals surface area contributed by atoms with Crippen molar-refractivity contribution < 1.29 is 33.0 Å². The van der Waals surface area contributed by atoms with Crippen molar-refractivity contribution in [1.29, 1.82) is 0 Å². The van der Waals surface area contributed by atoms with Crippen molar-refractivity contribution in [2.45, 2.75) is 19.6 Å². The van der Waals surface area contributed by atoms with E-state index in [0.717, 1.165) is 52.1 Å². The van der Waals surface area contributed by atoms with Gasteiger partial charge in [-0.05, 0) is 52.9 Å². The molecule has 7 heteroatoms. The molecule has 6 rings (SSSR count). The first-order valence-corrected chi connectivity index (χ1v) is 11.4. The van der Waals surface area contributed by atoms with E-state index in [9.17, 15) is 4.79 Å². The van der Waals surface area contributed by atoms with Crippen LogP contribution in [0.3, 0.4) is 0 Å². The quantitative estimate of drug-likeness (QED) is 0.317. The number of carbonyl (C=O) groups excluding carboxylic acids is 1. The second kappa shape index (κ2) is 8.51. The maximum absolute atomic E-state index is 11.7. The topological polar surface area (TPSA) is 67.1 Å². The molecule has 3 aromatic carbocycles. The lowest BCUT2D eigenvalue weighted by atomic mass is 9.95. The van der Waals surface area contributed by atoms with Gasteiger partial charge in [-0.25, -0.2) is 4.79 Å². The van der Waals surface area contributed by atoms with Crippen LogP contribution >= 0.6 is 0 Å². The molecule has 0 N–H and O–H groups in total. The van der Waals surface area contributed by atoms with E-state index in [4.69, 9.17) is 23.7 Å². The second-order valence-corrected chi connectivity index (χ2v) is 8.54. The molecule has 2 aliphatic rings. The number of rotatable bonds is 5. The number of benzene rings is 3. The van der Waals surface area contributed by atoms with E-state index in [-0.39, 0.29) is 12.8 Å². The summed E-state index contributed by atoms with van der Waals surface area (Å²) >= 11 is 0. The first kappa shape index (κ1) is 21.3. The SMILES string of the molecule is COC(=O)c1ccc(COc2c(OC)ccc3cc4[n+](cc23)CCc2cc3c(cc2-4)OCO3)cc1. The Morgan fingerprint density at radius 2 is 1.80 bits per heavy atom. The molecule has 1 aromatic heterocycles. The Bertz CT molecular complexity index is 1460. The maximum atomic E-state index is 11.7. The average molecular weight is 471 g/mol. The van der Waals surface area contributed by atoms with Gasteiger partial charge in [0.05, 0.1) is 30.7 Å². The van der Waals surface area contributed by atoms with Crippen LogP contribution in [0.5, 0.6) is 23.0 Å². The van der Waals surface area contributed by atoms with E-state index in [2.05, 4.69) is 29.0 Å². The largest absolute Gasteiger partial charge is 0.493 e. The third-order valence-electron chi connectivity index (χ3n) is 6.55. The summed E-state index contributed by atoms with van der Waals surface area (Å²) in [5, 5.41) is 2.03. The van der Waals surface area contributed by atoms with E-state index >= 15 is 0 Å². The molecule has 0 unspecified atom stereocenters. The van der Waals surface area contributed by atoms with Crippen LogP contribution in [0.25, 0.3) is 22.0 Å². The molecular weight excluding hydrogens is 446 g/mol. The fourth-order valence-electron chi connectivity index (χ4n) is 4.72. The Kier molecular flexibility index (Phi) is 5.17. The molecule has 0 aliphatic carbocycles. The van der Waals surface area contributed by atoms with Crippen molar-refractivity contribution in [1.82, 2.24) is 0 Å². The molecule has 0 amide bonds. The monoisotopic (exact) mass is 470 g/mol. The molecule has 0 spiro atoms. The van der Waals surface area contributed by atoms with Crippen molar-refractivity contribution in [2.24, 2.45) is 0 Å². The fourth-order valence-corrected chi connectivity index (χ4v) is 4.72. The molecule has 7 nitrogen and oxygen atoms in total. The fraction of sp³-hybridized carbons (Fsp3) is 0.214. The van der Waals surface area contributed by atoms with E-state index in [0.29, 0.717) is 23.7 Å². The van der Waals surface area contributed by atoms with Crippen molar-refractivity contribution >= 4 is 16.7 Å². The minimum absolute atomic E-state index is 0.266. The zero-order chi connectivity index (χ0) is 23.9. The van der Waals surface area contributed by atoms with E-state index < -0.39 is 0 Å². The van der Waals surface area contributed by atoms with Gasteiger partial charge in [-0.2, -0.15) is 4.57 Å². The zero-order valence-corrected chi connectivity index (χ0v) is 19.5. The van der Waals surface area contributed by atoms with Gasteiger partial charge in [-0.1, -0.05) is 12.1 Å². The summed E-state index contributed by atoms with van der Waals surface area (Å²) in [5.74, 6) is 2.60. The summed E-state index contributed by atoms with van der Waals surface area (Å²) in [7, 11) is 3.01. The maximum Gasteiger partial charge on any atom is 0.337 e. The highest BCUT2D eigenvalue weighted by Gasteiger charge is 2.28. The Hall–Kier alpha value is -4.26. The first-order valence-electron chi connectivity index (χ1n) is 11.4. The molecule has 35 heavy (non-hydrogen) atoms. The number of nitrogens with zero attached hydrogens (tertiary/aromatic N) is 1. The lowest BCUT2D eigenvalue weighted by Gasteiger charge is -2.18. The van der Waals surface area contributed by atoms with Gasteiger partial charge in [0.15, 0.2) is 35.7 Å². The highest BCUT2D eigenvalue weighted by molar-refractivity contribution is 5.92. The number of carbonyl (C=O) groups is 1. The van der Waals surface area contributed by atoms with Crippen LogP contribution in [-0.2, 0) is 24.3 Å². The van der Waals surface area contributed by atoms with Gasteiger partial charge in [-0.3, -0.25) is 0 Å². The third kappa shape index (κ3) is 3.69. The second-order valence-electron chi connectivity index (χ2n) is 8.54. The smallest absolute Gasteiger partial charge is 0.337 e. The van der Waals surface area contributed by atoms with Crippen molar-refractivity contribution in [3.63, 3.8) is 0 Å². The Labute approximate surface area is 202 Å². The minimum Gasteiger partial charge on any atom is -0.493 e. The number of pyridine rings is 1. The Balaban J connectivity index is 1.36. The van der Waals surface area contributed by atoms with Crippen LogP contribution in [0.2, 0.25) is 0 Å². The summed E-state index contributed by atoms with van der Waals surface area (Å²) in [6, 6.07) is 17.5. The van der Waals surface area contributed by atoms with Gasteiger partial charge in [0.1, 0.15) is 6.61 Å². The number of hydrogen-bond acceptors (Lipinski definition) is 6. The van der Waals surface area contributed by atoms with Crippen LogP contribution in [0, 0.1) is 0 Å². The number of hydrogen-bond donors (Lipinski definition) is 0. The summed E-state index contributed by atoms with van der Waals surface area (Å²) in [6.45, 7) is 1.45. The summed E-state index contributed by atoms with van der Waals surface area (Å²) < 4.78 is 30.1. The van der Waals surface area contributed by atoms with Crippen molar-refractivity contribution in [2.75, 3.05) is 21.0 Å². The standard InChI is InChI=1S/C28H24NO6/c1-31-24-8-7-19-11-23-21-13-26-25(34-16-35-26)12-20(21)9-10-29(23)14-22(19)27(24)33-15-17-3-5-18(6-4-17)28(30)32-2/h3-8,11-14H,9-10,15-16H2,1-2H3/q+1. The lowest BCUT2D eigenvalue weighted by molar-refractivity contribution is -0.686. The lowest BCUT2D eigenvalue weighted by Crippen LogP contribution is -2.40. The van der Waals surface area contributed by atoms with Gasteiger partial charge in [0.2, 0.25) is 12.5 Å². The predicted molar refractivity (Wildman–Crippen MR) is 128 cm³/mol. The van der Waals surface area contributed by atoms with Gasteiger partial charge >= 0.3 is 5.97 Å². The minimum atomic E-state index is -0.361. The molecule has 2 aliphatic heterocycles. The normalized spacial score (nSPS) is 13.2. The number of ether oxygens (including phenoxy) is 5. The average Bonchev–Trinajstić information content (AvgIpc) is 3.36. The molecule has 0 radical (unpaired) electrons. The molecular formula is C28H24NO6+. The first-order chi connectivity index (χ1) is 17.1. The third-order valence-corrected chi connectivity index (χ3v) is 6.55. The van der Waals surface area contributed by atoms with Crippen LogP contribution in [0.4, 0.5) is 0 Å². The molecule has 0 bridgehead atoms. The number of fused-ring (bicyclic) bond motifs is 5. The van der Waals surface area contributed by atoms with Gasteiger partial charge in [0, 0.05) is 12.5 Å². The number of esters is 1. The van der Waals surface area contributed by atoms with Crippen LogP contribution in [0.15, 0.2) is 60.8 Å². The van der Waals surface area contributed by atoms with Crippen molar-refractivity contribution in [3.05, 3.63) is 77.5 Å². The number of methoxy groups -OCH3 is 2. The molecule has 0 fully saturated rings. The Morgan fingerprint density at radius 1 is 1.00 bits per heavy atom. The van der Waals surface area contributed by atoms with Gasteiger partial charge in [-0.15, -0.1) is 0 Å². The van der Waals surface area contributed by atoms with E-state index in [1.807, 2.05) is 24.3 Å². The summed E-state index contributed by atoms with van der Waals surface area (Å²) in [6.07, 6.45) is 3.04. The molecule has 0 saturated heterocycles. The predicted octanol–water partition coefficient (Wildman–Crippen LogP) is 4.45. The highest BCUT2D eigenvalue weighted by Crippen LogP contribution is 2.41. The molecule has 4 aromatic rings. The molecule has 176 valence electrons. The molecule has 3 heterocycles. The van der Waals surface area contributed by atoms with Crippen LogP contribution < -0.4 is 23.5 Å². The summed E-state index contributed by atoms with van der Waals surface area (Å²) in [5.41, 5.74) is 4.99. The zero-order valence-electron chi connectivity index (χ0n) is 19.5. The van der Waals surface area contributed by atoms with Crippen LogP contribution in [0.1, 0.15) is 21.5 Å². The van der Waals surface area contributed by atoms with E-state index in [1.165, 1.54) is 12.7 Å². The van der Waals surface area contributed by atoms with Gasteiger partial charge in [0.25, 0.3) is 0 Å².